The van der Waals surface area contributed by atoms with Crippen LogP contribution in [-0.4, -0.2) is 40.1 Å². The summed E-state index contributed by atoms with van der Waals surface area (Å²) < 4.78 is 6.27. The van der Waals surface area contributed by atoms with Gasteiger partial charge >= 0.3 is 0 Å². The number of piperidine rings is 1. The summed E-state index contributed by atoms with van der Waals surface area (Å²) in [6.45, 7) is 4.55. The maximum atomic E-state index is 6.27. The van der Waals surface area contributed by atoms with Gasteiger partial charge in [0.05, 0.1) is 11.9 Å². The number of nitrogens with one attached hydrogen (secondary N) is 1. The molecule has 136 valence electrons. The first kappa shape index (κ1) is 17.1. The minimum atomic E-state index is 0.270. The van der Waals surface area contributed by atoms with Crippen LogP contribution in [0.25, 0.3) is 22.2 Å². The number of hydrogen-bond donors (Lipinski definition) is 1. The molecule has 1 saturated heterocycles. The van der Waals surface area contributed by atoms with Crippen molar-refractivity contribution in [2.75, 3.05) is 7.05 Å². The minimum absolute atomic E-state index is 0.270. The SMILES string of the molecule is CCC1C[C@@H](Oc2ccc(-c3cccc4[nH]ccc34)nc2)CC(C)N1C. The summed E-state index contributed by atoms with van der Waals surface area (Å²) in [6.07, 6.45) is 7.42. The Hall–Kier alpha value is -2.33. The molecule has 1 aliphatic rings. The molecule has 3 aromatic rings. The van der Waals surface area contributed by atoms with Gasteiger partial charge in [-0.3, -0.25) is 4.98 Å². The molecule has 3 atom stereocenters. The van der Waals surface area contributed by atoms with Gasteiger partial charge in [0.15, 0.2) is 0 Å². The zero-order valence-electron chi connectivity index (χ0n) is 15.8. The van der Waals surface area contributed by atoms with E-state index >= 15 is 0 Å². The topological polar surface area (TPSA) is 41.1 Å². The van der Waals surface area contributed by atoms with E-state index in [-0.39, 0.29) is 6.10 Å². The number of aromatic nitrogens is 2. The van der Waals surface area contributed by atoms with Gasteiger partial charge in [-0.05, 0) is 57.5 Å². The van der Waals surface area contributed by atoms with Crippen LogP contribution in [0.3, 0.4) is 0 Å². The summed E-state index contributed by atoms with van der Waals surface area (Å²) in [4.78, 5) is 10.4. The highest BCUT2D eigenvalue weighted by Gasteiger charge is 2.31. The van der Waals surface area contributed by atoms with Crippen LogP contribution in [0.15, 0.2) is 48.8 Å². The Labute approximate surface area is 155 Å². The fraction of sp³-hybridized carbons (Fsp3) is 0.409. The third-order valence-electron chi connectivity index (χ3n) is 5.79. The fourth-order valence-electron chi connectivity index (χ4n) is 4.13. The van der Waals surface area contributed by atoms with E-state index in [1.807, 2.05) is 12.4 Å². The molecule has 26 heavy (non-hydrogen) atoms. The van der Waals surface area contributed by atoms with Crippen molar-refractivity contribution in [2.45, 2.75) is 51.3 Å². The van der Waals surface area contributed by atoms with Gasteiger partial charge in [-0.2, -0.15) is 0 Å². The summed E-state index contributed by atoms with van der Waals surface area (Å²) in [5.41, 5.74) is 3.26. The molecule has 0 aliphatic carbocycles. The first-order chi connectivity index (χ1) is 12.7. The van der Waals surface area contributed by atoms with Crippen molar-refractivity contribution >= 4 is 10.9 Å². The maximum Gasteiger partial charge on any atom is 0.138 e. The van der Waals surface area contributed by atoms with Gasteiger partial charge < -0.3 is 14.6 Å². The third-order valence-corrected chi connectivity index (χ3v) is 5.79. The van der Waals surface area contributed by atoms with E-state index in [0.29, 0.717) is 12.1 Å². The summed E-state index contributed by atoms with van der Waals surface area (Å²) in [6, 6.07) is 13.6. The Morgan fingerprint density at radius 2 is 2.08 bits per heavy atom. The first-order valence-corrected chi connectivity index (χ1v) is 9.57. The lowest BCUT2D eigenvalue weighted by Crippen LogP contribution is -2.48. The number of pyridine rings is 1. The van der Waals surface area contributed by atoms with E-state index in [4.69, 9.17) is 4.74 Å². The summed E-state index contributed by atoms with van der Waals surface area (Å²) in [5.74, 6) is 0.867. The molecule has 4 nitrogen and oxygen atoms in total. The van der Waals surface area contributed by atoms with Gasteiger partial charge in [-0.1, -0.05) is 19.1 Å². The van der Waals surface area contributed by atoms with Crippen LogP contribution in [0.1, 0.15) is 33.1 Å². The van der Waals surface area contributed by atoms with Crippen LogP contribution in [0.5, 0.6) is 5.75 Å². The van der Waals surface area contributed by atoms with E-state index in [2.05, 4.69) is 72.2 Å². The van der Waals surface area contributed by atoms with E-state index in [0.717, 1.165) is 35.4 Å². The predicted molar refractivity (Wildman–Crippen MR) is 106 cm³/mol. The lowest BCUT2D eigenvalue weighted by molar-refractivity contribution is 0.0342. The summed E-state index contributed by atoms with van der Waals surface area (Å²) >= 11 is 0. The molecule has 0 radical (unpaired) electrons. The van der Waals surface area contributed by atoms with Crippen LogP contribution < -0.4 is 4.74 Å². The normalized spacial score (nSPS) is 24.0. The van der Waals surface area contributed by atoms with Gasteiger partial charge in [0.1, 0.15) is 11.9 Å². The highest BCUT2D eigenvalue weighted by atomic mass is 16.5. The van der Waals surface area contributed by atoms with E-state index in [1.54, 1.807) is 0 Å². The molecule has 4 heteroatoms. The standard InChI is InChI=1S/C22H27N3O/c1-4-16-13-18(12-15(2)25(16)3)26-17-8-9-22(24-14-17)19-6-5-7-21-20(19)10-11-23-21/h5-11,14-16,18,23H,4,12-13H2,1-3H3/t15?,16?,18-/m0/s1. The van der Waals surface area contributed by atoms with Crippen LogP contribution in [0, 0.1) is 0 Å². The van der Waals surface area contributed by atoms with Crippen molar-refractivity contribution in [3.63, 3.8) is 0 Å². The van der Waals surface area contributed by atoms with Crippen LogP contribution >= 0.6 is 0 Å². The molecular formula is C22H27N3O. The van der Waals surface area contributed by atoms with Gasteiger partial charge in [0.2, 0.25) is 0 Å². The van der Waals surface area contributed by atoms with Crippen molar-refractivity contribution < 1.29 is 4.74 Å². The van der Waals surface area contributed by atoms with E-state index in [1.165, 1.54) is 11.8 Å². The Morgan fingerprint density at radius 1 is 1.19 bits per heavy atom. The number of benzene rings is 1. The fourth-order valence-corrected chi connectivity index (χ4v) is 4.13. The quantitative estimate of drug-likeness (QED) is 0.730. The Bertz CT molecular complexity index is 870. The lowest BCUT2D eigenvalue weighted by Gasteiger charge is -2.41. The molecular weight excluding hydrogens is 322 g/mol. The van der Waals surface area contributed by atoms with Gasteiger partial charge in [-0.15, -0.1) is 0 Å². The minimum Gasteiger partial charge on any atom is -0.489 e. The molecule has 2 aromatic heterocycles. The average Bonchev–Trinajstić information content (AvgIpc) is 3.14. The number of fused-ring (bicyclic) bond motifs is 1. The first-order valence-electron chi connectivity index (χ1n) is 9.57. The zero-order valence-corrected chi connectivity index (χ0v) is 15.8. The summed E-state index contributed by atoms with van der Waals surface area (Å²) in [7, 11) is 2.23. The predicted octanol–water partition coefficient (Wildman–Crippen LogP) is 4.87. The van der Waals surface area contributed by atoms with Crippen LogP contribution in [0.2, 0.25) is 0 Å². The molecule has 0 amide bonds. The lowest BCUT2D eigenvalue weighted by atomic mass is 9.93. The number of ether oxygens (including phenoxy) is 1. The van der Waals surface area contributed by atoms with E-state index < -0.39 is 0 Å². The average molecular weight is 349 g/mol. The molecule has 2 unspecified atom stereocenters. The largest absolute Gasteiger partial charge is 0.489 e. The number of likely N-dealkylation sites (tertiary alicyclic amines) is 1. The second-order valence-corrected chi connectivity index (χ2v) is 7.41. The molecule has 0 spiro atoms. The number of hydrogen-bond acceptors (Lipinski definition) is 3. The number of H-pyrrole nitrogens is 1. The summed E-state index contributed by atoms with van der Waals surface area (Å²) in [5, 5.41) is 1.20. The number of rotatable bonds is 4. The second kappa shape index (κ2) is 7.12. The Morgan fingerprint density at radius 3 is 2.85 bits per heavy atom. The highest BCUT2D eigenvalue weighted by molar-refractivity contribution is 5.94. The maximum absolute atomic E-state index is 6.27. The van der Waals surface area contributed by atoms with Gasteiger partial charge in [-0.25, -0.2) is 0 Å². The van der Waals surface area contributed by atoms with Crippen LogP contribution in [-0.2, 0) is 0 Å². The Balaban J connectivity index is 1.51. The van der Waals surface area contributed by atoms with Crippen molar-refractivity contribution in [2.24, 2.45) is 0 Å². The molecule has 1 aliphatic heterocycles. The monoisotopic (exact) mass is 349 g/mol. The Kier molecular flexibility index (Phi) is 4.68. The van der Waals surface area contributed by atoms with Crippen molar-refractivity contribution in [1.29, 1.82) is 0 Å². The van der Waals surface area contributed by atoms with Gasteiger partial charge in [0.25, 0.3) is 0 Å². The van der Waals surface area contributed by atoms with Crippen molar-refractivity contribution in [1.82, 2.24) is 14.9 Å². The van der Waals surface area contributed by atoms with Crippen molar-refractivity contribution in [3.05, 3.63) is 48.8 Å². The third kappa shape index (κ3) is 3.21. The second-order valence-electron chi connectivity index (χ2n) is 7.41. The molecule has 1 aromatic carbocycles. The molecule has 1 N–H and O–H groups in total. The molecule has 3 heterocycles. The molecule has 1 fully saturated rings. The molecule has 4 rings (SSSR count). The number of nitrogens with zero attached hydrogens (tertiary/aromatic N) is 2. The molecule has 0 saturated carbocycles. The molecule has 0 bridgehead atoms. The zero-order chi connectivity index (χ0) is 18.1. The number of aromatic amines is 1. The van der Waals surface area contributed by atoms with Gasteiger partial charge in [0, 0.05) is 34.7 Å². The van der Waals surface area contributed by atoms with Crippen LogP contribution in [0.4, 0.5) is 0 Å². The smallest absolute Gasteiger partial charge is 0.138 e. The van der Waals surface area contributed by atoms with Crippen molar-refractivity contribution in [3.8, 4) is 17.0 Å². The highest BCUT2D eigenvalue weighted by Crippen LogP contribution is 2.30. The van der Waals surface area contributed by atoms with E-state index in [9.17, 15) is 0 Å².